The molecule has 1 amide bonds. The van der Waals surface area contributed by atoms with Crippen LogP contribution in [0.3, 0.4) is 0 Å². The molecule has 1 aliphatic rings. The van der Waals surface area contributed by atoms with Crippen LogP contribution in [0.4, 0.5) is 11.4 Å². The fraction of sp³-hybridized carbons (Fsp3) is 0.294. The van der Waals surface area contributed by atoms with Crippen LogP contribution < -0.4 is 10.6 Å². The van der Waals surface area contributed by atoms with Crippen molar-refractivity contribution in [2.75, 3.05) is 10.6 Å². The Morgan fingerprint density at radius 2 is 1.77 bits per heavy atom. The van der Waals surface area contributed by atoms with E-state index in [0.717, 1.165) is 11.4 Å². The van der Waals surface area contributed by atoms with Crippen molar-refractivity contribution in [3.8, 4) is 0 Å². The van der Waals surface area contributed by atoms with Crippen molar-refractivity contribution in [2.45, 2.75) is 31.7 Å². The molecule has 1 saturated carbocycles. The highest BCUT2D eigenvalue weighted by atomic mass is 32.1. The first-order valence-electron chi connectivity index (χ1n) is 7.58. The Bertz CT molecular complexity index is 702. The summed E-state index contributed by atoms with van der Waals surface area (Å²) in [7, 11) is 0. The Morgan fingerprint density at radius 1 is 1.09 bits per heavy atom. The van der Waals surface area contributed by atoms with Crippen LogP contribution in [0.15, 0.2) is 42.6 Å². The van der Waals surface area contributed by atoms with Gasteiger partial charge in [0.05, 0.1) is 5.56 Å². The molecule has 4 nitrogen and oxygen atoms in total. The first-order valence-corrected chi connectivity index (χ1v) is 7.99. The zero-order chi connectivity index (χ0) is 15.4. The number of benzene rings is 1. The molecule has 22 heavy (non-hydrogen) atoms. The van der Waals surface area contributed by atoms with Crippen LogP contribution in [0.25, 0.3) is 0 Å². The van der Waals surface area contributed by atoms with Crippen molar-refractivity contribution in [3.05, 3.63) is 52.8 Å². The first-order chi connectivity index (χ1) is 10.7. The van der Waals surface area contributed by atoms with Crippen LogP contribution >= 0.6 is 12.2 Å². The van der Waals surface area contributed by atoms with Gasteiger partial charge in [-0.05, 0) is 49.2 Å². The fourth-order valence-corrected chi connectivity index (χ4v) is 2.98. The molecule has 5 heteroatoms. The highest BCUT2D eigenvalue weighted by Gasteiger charge is 2.14. The Balaban J connectivity index is 1.64. The van der Waals surface area contributed by atoms with Gasteiger partial charge in [0.25, 0.3) is 5.91 Å². The summed E-state index contributed by atoms with van der Waals surface area (Å²) < 4.78 is 0.444. The molecule has 3 rings (SSSR count). The second-order valence-corrected chi connectivity index (χ2v) is 5.98. The third kappa shape index (κ3) is 3.54. The number of H-pyrrole nitrogens is 1. The van der Waals surface area contributed by atoms with Crippen LogP contribution in [-0.2, 0) is 0 Å². The summed E-state index contributed by atoms with van der Waals surface area (Å²) in [5, 5.41) is 6.39. The second kappa shape index (κ2) is 6.75. The minimum absolute atomic E-state index is 0.196. The van der Waals surface area contributed by atoms with Crippen molar-refractivity contribution in [1.82, 2.24) is 4.98 Å². The first kappa shape index (κ1) is 14.8. The van der Waals surface area contributed by atoms with E-state index in [2.05, 4.69) is 15.6 Å². The van der Waals surface area contributed by atoms with E-state index in [9.17, 15) is 4.79 Å². The average molecular weight is 313 g/mol. The minimum Gasteiger partial charge on any atom is -0.382 e. The van der Waals surface area contributed by atoms with E-state index in [1.54, 1.807) is 18.3 Å². The lowest BCUT2D eigenvalue weighted by molar-refractivity contribution is 0.102. The smallest absolute Gasteiger partial charge is 0.258 e. The maximum atomic E-state index is 12.2. The Kier molecular flexibility index (Phi) is 4.53. The molecule has 0 aliphatic heterocycles. The van der Waals surface area contributed by atoms with Gasteiger partial charge in [0, 0.05) is 23.6 Å². The summed E-state index contributed by atoms with van der Waals surface area (Å²) in [5.41, 5.74) is 2.34. The van der Waals surface area contributed by atoms with Crippen LogP contribution in [0.5, 0.6) is 0 Å². The third-order valence-corrected chi connectivity index (χ3v) is 4.27. The monoisotopic (exact) mass is 313 g/mol. The van der Waals surface area contributed by atoms with Gasteiger partial charge in [0.1, 0.15) is 4.64 Å². The summed E-state index contributed by atoms with van der Waals surface area (Å²) in [6, 6.07) is 11.9. The number of aromatic nitrogens is 1. The molecule has 3 N–H and O–H groups in total. The lowest BCUT2D eigenvalue weighted by atomic mass is 10.2. The molecule has 1 heterocycles. The van der Waals surface area contributed by atoms with Gasteiger partial charge in [-0.2, -0.15) is 0 Å². The minimum atomic E-state index is -0.196. The standard InChI is InChI=1S/C17H19N3OS/c21-16(15-6-3-11-18-17(15)22)20-14-9-7-13(8-10-14)19-12-4-1-2-5-12/h3,6-12,19H,1-2,4-5H2,(H,18,22)(H,20,21). The lowest BCUT2D eigenvalue weighted by Crippen LogP contribution is -2.15. The van der Waals surface area contributed by atoms with E-state index in [0.29, 0.717) is 16.2 Å². The van der Waals surface area contributed by atoms with Gasteiger partial charge in [-0.25, -0.2) is 0 Å². The van der Waals surface area contributed by atoms with E-state index in [4.69, 9.17) is 12.2 Å². The van der Waals surface area contributed by atoms with Crippen LogP contribution in [0.1, 0.15) is 36.0 Å². The molecule has 0 radical (unpaired) electrons. The maximum Gasteiger partial charge on any atom is 0.258 e. The topological polar surface area (TPSA) is 56.9 Å². The summed E-state index contributed by atoms with van der Waals surface area (Å²) in [5.74, 6) is -0.196. The fourth-order valence-electron chi connectivity index (χ4n) is 2.75. The van der Waals surface area contributed by atoms with E-state index in [-0.39, 0.29) is 5.91 Å². The number of aromatic amines is 1. The van der Waals surface area contributed by atoms with Crippen molar-refractivity contribution in [3.63, 3.8) is 0 Å². The van der Waals surface area contributed by atoms with Crippen molar-refractivity contribution in [2.24, 2.45) is 0 Å². The number of nitrogens with one attached hydrogen (secondary N) is 3. The maximum absolute atomic E-state index is 12.2. The van der Waals surface area contributed by atoms with Crippen molar-refractivity contribution in [1.29, 1.82) is 0 Å². The number of hydrogen-bond donors (Lipinski definition) is 3. The molecule has 0 bridgehead atoms. The predicted molar refractivity (Wildman–Crippen MR) is 91.9 cm³/mol. The summed E-state index contributed by atoms with van der Waals surface area (Å²) >= 11 is 5.12. The number of rotatable bonds is 4. The number of amides is 1. The number of anilines is 2. The molecule has 0 spiro atoms. The van der Waals surface area contributed by atoms with Crippen molar-refractivity contribution < 1.29 is 4.79 Å². The molecule has 0 saturated heterocycles. The zero-order valence-electron chi connectivity index (χ0n) is 12.3. The zero-order valence-corrected chi connectivity index (χ0v) is 13.1. The van der Waals surface area contributed by atoms with Gasteiger partial charge in [0.15, 0.2) is 0 Å². The third-order valence-electron chi connectivity index (χ3n) is 3.93. The Hall–Kier alpha value is -2.14. The van der Waals surface area contributed by atoms with Gasteiger partial charge < -0.3 is 15.6 Å². The molecular formula is C17H19N3OS. The molecule has 114 valence electrons. The van der Waals surface area contributed by atoms with Crippen LogP contribution in [0.2, 0.25) is 0 Å². The van der Waals surface area contributed by atoms with E-state index >= 15 is 0 Å². The van der Waals surface area contributed by atoms with E-state index in [1.165, 1.54) is 25.7 Å². The quantitative estimate of drug-likeness (QED) is 0.735. The molecule has 1 fully saturated rings. The number of pyridine rings is 1. The van der Waals surface area contributed by atoms with E-state index in [1.807, 2.05) is 24.3 Å². The normalized spacial score (nSPS) is 14.7. The number of carbonyl (C=O) groups excluding carboxylic acids is 1. The highest BCUT2D eigenvalue weighted by molar-refractivity contribution is 7.71. The summed E-state index contributed by atoms with van der Waals surface area (Å²) in [6.45, 7) is 0. The lowest BCUT2D eigenvalue weighted by Gasteiger charge is -2.14. The molecule has 0 unspecified atom stereocenters. The van der Waals surface area contributed by atoms with Gasteiger partial charge >= 0.3 is 0 Å². The highest BCUT2D eigenvalue weighted by Crippen LogP contribution is 2.23. The summed E-state index contributed by atoms with van der Waals surface area (Å²) in [4.78, 5) is 15.0. The molecule has 1 aromatic heterocycles. The molecule has 1 aromatic carbocycles. The Labute approximate surface area is 135 Å². The number of hydrogen-bond acceptors (Lipinski definition) is 3. The predicted octanol–water partition coefficient (Wildman–Crippen LogP) is 4.35. The number of carbonyl (C=O) groups is 1. The molecule has 1 aliphatic carbocycles. The molecule has 2 aromatic rings. The molecule has 0 atom stereocenters. The second-order valence-electron chi connectivity index (χ2n) is 5.57. The van der Waals surface area contributed by atoms with Gasteiger partial charge in [0.2, 0.25) is 0 Å². The summed E-state index contributed by atoms with van der Waals surface area (Å²) in [6.07, 6.45) is 6.81. The largest absolute Gasteiger partial charge is 0.382 e. The van der Waals surface area contributed by atoms with Gasteiger partial charge in [-0.15, -0.1) is 0 Å². The average Bonchev–Trinajstić information content (AvgIpc) is 3.02. The van der Waals surface area contributed by atoms with Gasteiger partial charge in [-0.1, -0.05) is 25.1 Å². The van der Waals surface area contributed by atoms with Crippen LogP contribution in [-0.4, -0.2) is 16.9 Å². The van der Waals surface area contributed by atoms with Crippen molar-refractivity contribution >= 4 is 29.5 Å². The SMILES string of the molecule is O=C(Nc1ccc(NC2CCCC2)cc1)c1ccc[nH]c1=S. The Morgan fingerprint density at radius 3 is 2.45 bits per heavy atom. The van der Waals surface area contributed by atoms with E-state index < -0.39 is 0 Å². The van der Waals surface area contributed by atoms with Crippen LogP contribution in [0, 0.1) is 4.64 Å². The van der Waals surface area contributed by atoms with Gasteiger partial charge in [-0.3, -0.25) is 4.79 Å². The molecular weight excluding hydrogens is 294 g/mol.